The van der Waals surface area contributed by atoms with Gasteiger partial charge in [0.1, 0.15) is 16.9 Å². The van der Waals surface area contributed by atoms with E-state index in [1.807, 2.05) is 4.98 Å². The summed E-state index contributed by atoms with van der Waals surface area (Å²) in [5, 5.41) is 22.4. The summed E-state index contributed by atoms with van der Waals surface area (Å²) in [6.45, 7) is 0. The van der Waals surface area contributed by atoms with Crippen LogP contribution in [0.2, 0.25) is 0 Å². The van der Waals surface area contributed by atoms with E-state index in [0.717, 1.165) is 6.39 Å². The molecule has 0 unspecified atom stereocenters. The van der Waals surface area contributed by atoms with Gasteiger partial charge in [-0.25, -0.2) is 9.59 Å². The van der Waals surface area contributed by atoms with Gasteiger partial charge in [-0.1, -0.05) is 23.4 Å². The van der Waals surface area contributed by atoms with E-state index in [0.29, 0.717) is 5.56 Å². The van der Waals surface area contributed by atoms with E-state index in [-0.39, 0.29) is 17.0 Å². The third kappa shape index (κ3) is 2.72. The van der Waals surface area contributed by atoms with Crippen LogP contribution in [0.1, 0.15) is 20.7 Å². The molecule has 2 heterocycles. The van der Waals surface area contributed by atoms with Gasteiger partial charge in [0.15, 0.2) is 0 Å². The van der Waals surface area contributed by atoms with Crippen molar-refractivity contribution in [2.24, 2.45) is 0 Å². The Labute approximate surface area is 138 Å². The van der Waals surface area contributed by atoms with Gasteiger partial charge in [-0.05, 0) is 11.6 Å². The summed E-state index contributed by atoms with van der Waals surface area (Å²) in [7, 11) is 0. The number of hydrogen-bond acceptors (Lipinski definition) is 7. The molecule has 0 fully saturated rings. The Morgan fingerprint density at radius 3 is 2.40 bits per heavy atom. The van der Waals surface area contributed by atoms with Gasteiger partial charge in [0, 0.05) is 11.1 Å². The highest BCUT2D eigenvalue weighted by Crippen LogP contribution is 2.31. The number of nitrogens with zero attached hydrogens (tertiary/aromatic N) is 2. The predicted molar refractivity (Wildman–Crippen MR) is 84.1 cm³/mol. The second-order valence-electron chi connectivity index (χ2n) is 4.94. The highest BCUT2D eigenvalue weighted by atomic mass is 16.5. The van der Waals surface area contributed by atoms with E-state index in [2.05, 4.69) is 14.7 Å². The van der Waals surface area contributed by atoms with Gasteiger partial charge in [0.2, 0.25) is 12.2 Å². The number of carboxylic acids is 2. The number of aromatic amines is 1. The zero-order valence-electron chi connectivity index (χ0n) is 12.4. The van der Waals surface area contributed by atoms with Crippen molar-refractivity contribution in [1.29, 1.82) is 0 Å². The Morgan fingerprint density at radius 2 is 1.80 bits per heavy atom. The van der Waals surface area contributed by atoms with Crippen LogP contribution < -0.4 is 11.3 Å². The lowest BCUT2D eigenvalue weighted by Gasteiger charge is -2.12. The first kappa shape index (κ1) is 15.9. The minimum atomic E-state index is -1.58. The van der Waals surface area contributed by atoms with E-state index >= 15 is 0 Å². The first-order valence-corrected chi connectivity index (χ1v) is 6.79. The molecule has 0 aliphatic heterocycles. The van der Waals surface area contributed by atoms with Gasteiger partial charge in [0.05, 0.1) is 0 Å². The van der Waals surface area contributed by atoms with Crippen molar-refractivity contribution in [2.45, 2.75) is 0 Å². The number of pyridine rings is 1. The Hall–Kier alpha value is -3.95. The van der Waals surface area contributed by atoms with Crippen molar-refractivity contribution < 1.29 is 24.3 Å². The lowest BCUT2D eigenvalue weighted by Crippen LogP contribution is -2.24. The number of carbonyl (C=O) groups is 2. The molecule has 10 nitrogen and oxygen atoms in total. The molecule has 0 amide bonds. The molecular formula is C15H10N4O6. The molecule has 0 aliphatic carbocycles. The summed E-state index contributed by atoms with van der Waals surface area (Å²) >= 11 is 0. The summed E-state index contributed by atoms with van der Waals surface area (Å²) in [6.07, 6.45) is 1.11. The maximum absolute atomic E-state index is 12.0. The molecule has 0 aliphatic rings. The number of rotatable bonds is 4. The minimum absolute atomic E-state index is 0.162. The first-order valence-electron chi connectivity index (χ1n) is 6.79. The van der Waals surface area contributed by atoms with Crippen LogP contribution in [-0.2, 0) is 0 Å². The second-order valence-corrected chi connectivity index (χ2v) is 4.94. The highest BCUT2D eigenvalue weighted by Gasteiger charge is 2.26. The van der Waals surface area contributed by atoms with Crippen LogP contribution >= 0.6 is 0 Å². The van der Waals surface area contributed by atoms with Crippen LogP contribution in [0, 0.1) is 0 Å². The van der Waals surface area contributed by atoms with Gasteiger partial charge in [-0.2, -0.15) is 4.98 Å². The van der Waals surface area contributed by atoms with E-state index < -0.39 is 34.4 Å². The van der Waals surface area contributed by atoms with Gasteiger partial charge in [-0.15, -0.1) is 0 Å². The molecule has 25 heavy (non-hydrogen) atoms. The number of benzene rings is 1. The number of anilines is 1. The fourth-order valence-corrected chi connectivity index (χ4v) is 2.45. The molecule has 2 aromatic heterocycles. The SMILES string of the molecule is Nc1[nH]c(=O)c(C(=O)O)c(-c2cccc(-c3ncon3)c2)c1C(=O)O. The van der Waals surface area contributed by atoms with Crippen LogP contribution in [0.4, 0.5) is 5.82 Å². The van der Waals surface area contributed by atoms with Crippen molar-refractivity contribution in [1.82, 2.24) is 15.1 Å². The number of H-pyrrole nitrogens is 1. The first-order chi connectivity index (χ1) is 11.9. The summed E-state index contributed by atoms with van der Waals surface area (Å²) < 4.78 is 4.65. The normalized spacial score (nSPS) is 10.6. The van der Waals surface area contributed by atoms with Crippen molar-refractivity contribution in [2.75, 3.05) is 5.73 Å². The number of hydrogen-bond donors (Lipinski definition) is 4. The van der Waals surface area contributed by atoms with Gasteiger partial charge in [-0.3, -0.25) is 4.79 Å². The van der Waals surface area contributed by atoms with Gasteiger partial charge < -0.3 is 25.5 Å². The summed E-state index contributed by atoms with van der Waals surface area (Å²) in [5.74, 6) is -3.28. The zero-order valence-corrected chi connectivity index (χ0v) is 12.4. The van der Waals surface area contributed by atoms with Crippen LogP contribution in [0.5, 0.6) is 0 Å². The fraction of sp³-hybridized carbons (Fsp3) is 0. The summed E-state index contributed by atoms with van der Waals surface area (Å²) in [5.41, 5.74) is 3.66. The molecular weight excluding hydrogens is 332 g/mol. The number of nitrogens with two attached hydrogens (primary N) is 1. The predicted octanol–water partition coefficient (Wildman–Crippen LogP) is 1.07. The number of carboxylic acid groups (broad SMARTS) is 2. The van der Waals surface area contributed by atoms with Crippen molar-refractivity contribution in [3.05, 3.63) is 52.1 Å². The topological polar surface area (TPSA) is 172 Å². The number of aromatic carboxylic acids is 2. The zero-order chi connectivity index (χ0) is 18.1. The second kappa shape index (κ2) is 5.92. The van der Waals surface area contributed by atoms with Crippen LogP contribution in [-0.4, -0.2) is 37.3 Å². The van der Waals surface area contributed by atoms with Gasteiger partial charge >= 0.3 is 11.9 Å². The Kier molecular flexibility index (Phi) is 3.77. The maximum atomic E-state index is 12.0. The molecule has 0 spiro atoms. The molecule has 1 aromatic carbocycles. The molecule has 126 valence electrons. The fourth-order valence-electron chi connectivity index (χ4n) is 2.45. The lowest BCUT2D eigenvalue weighted by atomic mass is 9.94. The number of aromatic nitrogens is 3. The van der Waals surface area contributed by atoms with E-state index in [4.69, 9.17) is 5.73 Å². The van der Waals surface area contributed by atoms with Crippen LogP contribution in [0.3, 0.4) is 0 Å². The molecule has 10 heteroatoms. The van der Waals surface area contributed by atoms with Crippen LogP contribution in [0.15, 0.2) is 40.0 Å². The molecule has 0 saturated heterocycles. The van der Waals surface area contributed by atoms with E-state index in [1.165, 1.54) is 18.2 Å². The standard InChI is InChI=1S/C15H10N4O6/c16-11-9(14(21)22)8(10(15(23)24)13(20)18-11)6-2-1-3-7(4-6)12-17-5-25-19-12/h1-5H,(H,21,22)(H,23,24)(H3,16,18,20). The molecule has 0 atom stereocenters. The lowest BCUT2D eigenvalue weighted by molar-refractivity contribution is 0.0695. The maximum Gasteiger partial charge on any atom is 0.342 e. The minimum Gasteiger partial charge on any atom is -0.478 e. The summed E-state index contributed by atoms with van der Waals surface area (Å²) in [6, 6.07) is 6.05. The van der Waals surface area contributed by atoms with Gasteiger partial charge in [0.25, 0.3) is 5.56 Å². The molecule has 0 radical (unpaired) electrons. The van der Waals surface area contributed by atoms with Crippen molar-refractivity contribution in [3.8, 4) is 22.5 Å². The Bertz CT molecular complexity index is 1040. The number of nitrogens with one attached hydrogen (secondary N) is 1. The third-order valence-electron chi connectivity index (χ3n) is 3.44. The van der Waals surface area contributed by atoms with Crippen LogP contribution in [0.25, 0.3) is 22.5 Å². The van der Waals surface area contributed by atoms with E-state index in [9.17, 15) is 24.6 Å². The van der Waals surface area contributed by atoms with E-state index in [1.54, 1.807) is 6.07 Å². The largest absolute Gasteiger partial charge is 0.478 e. The van der Waals surface area contributed by atoms with Crippen molar-refractivity contribution >= 4 is 17.8 Å². The Morgan fingerprint density at radius 1 is 1.12 bits per heavy atom. The van der Waals surface area contributed by atoms with Crippen molar-refractivity contribution in [3.63, 3.8) is 0 Å². The number of nitrogen functional groups attached to an aromatic ring is 1. The molecule has 3 aromatic rings. The Balaban J connectivity index is 2.37. The summed E-state index contributed by atoms with van der Waals surface area (Å²) in [4.78, 5) is 41.0. The highest BCUT2D eigenvalue weighted by molar-refractivity contribution is 6.07. The third-order valence-corrected chi connectivity index (χ3v) is 3.44. The molecule has 3 rings (SSSR count). The average molecular weight is 342 g/mol. The monoisotopic (exact) mass is 342 g/mol. The average Bonchev–Trinajstić information content (AvgIpc) is 3.07. The molecule has 0 bridgehead atoms. The molecule has 0 saturated carbocycles. The smallest absolute Gasteiger partial charge is 0.342 e. The molecule has 5 N–H and O–H groups in total. The quantitative estimate of drug-likeness (QED) is 0.540.